The minimum absolute atomic E-state index is 0.0388. The average Bonchev–Trinajstić information content (AvgIpc) is 2.85. The maximum Gasteiger partial charge on any atom is 0.335 e. The van der Waals surface area contributed by atoms with Crippen LogP contribution in [0.4, 0.5) is 0 Å². The monoisotopic (exact) mass is 482 g/mol. The Labute approximate surface area is 205 Å². The van der Waals surface area contributed by atoms with Crippen LogP contribution in [0.25, 0.3) is 0 Å². The number of ether oxygens (including phenoxy) is 4. The molecule has 0 saturated heterocycles. The zero-order valence-corrected chi connectivity index (χ0v) is 21.4. The van der Waals surface area contributed by atoms with E-state index >= 15 is 0 Å². The van der Waals surface area contributed by atoms with Crippen molar-refractivity contribution in [1.29, 1.82) is 0 Å². The van der Waals surface area contributed by atoms with Crippen LogP contribution < -0.4 is 0 Å². The third kappa shape index (κ3) is 13.3. The van der Waals surface area contributed by atoms with Crippen LogP contribution in [0, 0.1) is 17.8 Å². The lowest BCUT2D eigenvalue weighted by Crippen LogP contribution is -2.23. The molecule has 0 radical (unpaired) electrons. The molecular formula is C27H46O7. The molecule has 1 atom stereocenters. The number of hydrogen-bond acceptors (Lipinski definition) is 7. The molecule has 1 rings (SSSR count). The molecule has 34 heavy (non-hydrogen) atoms. The SMILES string of the molecule is C=C(CO)C(=O)OCC(CCC1CCC(CCCCC)CC1)COCCOC(=O)C(=C)COC. The number of unbranched alkanes of at least 4 members (excludes halogenated alkanes) is 2. The lowest BCUT2D eigenvalue weighted by Gasteiger charge is -2.29. The molecule has 1 saturated carbocycles. The number of carbonyl (C=O) groups is 2. The van der Waals surface area contributed by atoms with Crippen LogP contribution in [-0.4, -0.2) is 63.8 Å². The highest BCUT2D eigenvalue weighted by atomic mass is 16.6. The number of esters is 2. The number of methoxy groups -OCH3 is 1. The molecule has 0 bridgehead atoms. The second kappa shape index (κ2) is 18.6. The number of aliphatic hydroxyl groups is 1. The van der Waals surface area contributed by atoms with Crippen molar-refractivity contribution in [3.05, 3.63) is 24.3 Å². The quantitative estimate of drug-likeness (QED) is 0.163. The second-order valence-electron chi connectivity index (χ2n) is 9.43. The van der Waals surface area contributed by atoms with Crippen LogP contribution in [0.2, 0.25) is 0 Å². The lowest BCUT2D eigenvalue weighted by molar-refractivity contribution is -0.144. The topological polar surface area (TPSA) is 91.3 Å². The number of carbonyl (C=O) groups excluding carboxylic acids is 2. The molecule has 1 aliphatic rings. The Balaban J connectivity index is 2.39. The summed E-state index contributed by atoms with van der Waals surface area (Å²) in [6.07, 6.45) is 12.5. The summed E-state index contributed by atoms with van der Waals surface area (Å²) >= 11 is 0. The summed E-state index contributed by atoms with van der Waals surface area (Å²) in [5.74, 6) is 0.558. The molecule has 196 valence electrons. The summed E-state index contributed by atoms with van der Waals surface area (Å²) in [7, 11) is 1.49. The van der Waals surface area contributed by atoms with E-state index in [1.807, 2.05) is 0 Å². The first kappa shape index (κ1) is 30.3. The molecule has 0 amide bonds. The predicted octanol–water partition coefficient (Wildman–Crippen LogP) is 4.62. The van der Waals surface area contributed by atoms with E-state index in [1.54, 1.807) is 0 Å². The highest BCUT2D eigenvalue weighted by Crippen LogP contribution is 2.35. The van der Waals surface area contributed by atoms with E-state index in [0.717, 1.165) is 18.8 Å². The number of aliphatic hydroxyl groups excluding tert-OH is 1. The summed E-state index contributed by atoms with van der Waals surface area (Å²) in [5.41, 5.74) is 0.306. The van der Waals surface area contributed by atoms with E-state index in [0.29, 0.717) is 12.5 Å². The molecule has 0 spiro atoms. The highest BCUT2D eigenvalue weighted by molar-refractivity contribution is 5.88. The van der Waals surface area contributed by atoms with E-state index in [1.165, 1.54) is 58.5 Å². The van der Waals surface area contributed by atoms with Gasteiger partial charge in [-0.15, -0.1) is 0 Å². The van der Waals surface area contributed by atoms with Crippen LogP contribution in [0.3, 0.4) is 0 Å². The van der Waals surface area contributed by atoms with Crippen molar-refractivity contribution < 1.29 is 33.6 Å². The van der Waals surface area contributed by atoms with E-state index in [-0.39, 0.29) is 43.5 Å². The van der Waals surface area contributed by atoms with Crippen LogP contribution in [-0.2, 0) is 28.5 Å². The number of rotatable bonds is 19. The van der Waals surface area contributed by atoms with Crippen molar-refractivity contribution in [2.75, 3.05) is 46.8 Å². The third-order valence-electron chi connectivity index (χ3n) is 6.52. The first-order chi connectivity index (χ1) is 16.4. The maximum absolute atomic E-state index is 11.9. The zero-order chi connectivity index (χ0) is 25.2. The Morgan fingerprint density at radius 1 is 0.912 bits per heavy atom. The fourth-order valence-corrected chi connectivity index (χ4v) is 4.32. The first-order valence-electron chi connectivity index (χ1n) is 12.8. The normalized spacial score (nSPS) is 18.8. The van der Waals surface area contributed by atoms with Gasteiger partial charge >= 0.3 is 11.9 Å². The van der Waals surface area contributed by atoms with E-state index in [4.69, 9.17) is 24.1 Å². The van der Waals surface area contributed by atoms with Gasteiger partial charge in [-0.1, -0.05) is 71.4 Å². The van der Waals surface area contributed by atoms with E-state index in [2.05, 4.69) is 20.1 Å². The van der Waals surface area contributed by atoms with Gasteiger partial charge in [0.2, 0.25) is 0 Å². The first-order valence-corrected chi connectivity index (χ1v) is 12.8. The van der Waals surface area contributed by atoms with Crippen LogP contribution >= 0.6 is 0 Å². The van der Waals surface area contributed by atoms with Crippen LogP contribution in [0.5, 0.6) is 0 Å². The Morgan fingerprint density at radius 3 is 2.18 bits per heavy atom. The van der Waals surface area contributed by atoms with Gasteiger partial charge in [0.05, 0.1) is 44.2 Å². The standard InChI is InChI=1S/C27H46O7/c1-5-6-7-8-23-9-11-24(12-10-23)13-14-25(20-34-26(29)21(2)17-28)19-32-15-16-33-27(30)22(3)18-31-4/h23-25,28H,2-3,5-20H2,1,4H3. The van der Waals surface area contributed by atoms with Gasteiger partial charge < -0.3 is 24.1 Å². The van der Waals surface area contributed by atoms with Gasteiger partial charge in [0.1, 0.15) is 6.61 Å². The fourth-order valence-electron chi connectivity index (χ4n) is 4.32. The Kier molecular flexibility index (Phi) is 16.6. The average molecular weight is 483 g/mol. The third-order valence-corrected chi connectivity index (χ3v) is 6.52. The zero-order valence-electron chi connectivity index (χ0n) is 21.4. The molecule has 0 heterocycles. The maximum atomic E-state index is 11.9. The van der Waals surface area contributed by atoms with Crippen LogP contribution in [0.15, 0.2) is 24.3 Å². The van der Waals surface area contributed by atoms with Crippen molar-refractivity contribution in [3.63, 3.8) is 0 Å². The molecule has 7 heteroatoms. The predicted molar refractivity (Wildman–Crippen MR) is 132 cm³/mol. The fraction of sp³-hybridized carbons (Fsp3) is 0.778. The van der Waals surface area contributed by atoms with Crippen LogP contribution in [0.1, 0.15) is 71.1 Å². The van der Waals surface area contributed by atoms with Gasteiger partial charge in [-0.05, 0) is 24.7 Å². The van der Waals surface area contributed by atoms with Gasteiger partial charge in [-0.3, -0.25) is 0 Å². The molecule has 0 aliphatic heterocycles. The van der Waals surface area contributed by atoms with Gasteiger partial charge in [0.15, 0.2) is 0 Å². The summed E-state index contributed by atoms with van der Waals surface area (Å²) in [4.78, 5) is 23.6. The highest BCUT2D eigenvalue weighted by Gasteiger charge is 2.23. The van der Waals surface area contributed by atoms with E-state index < -0.39 is 18.5 Å². The van der Waals surface area contributed by atoms with Crippen molar-refractivity contribution in [2.24, 2.45) is 17.8 Å². The minimum Gasteiger partial charge on any atom is -0.462 e. The smallest absolute Gasteiger partial charge is 0.335 e. The number of hydrogen-bond donors (Lipinski definition) is 1. The molecule has 0 aromatic heterocycles. The molecule has 0 aromatic carbocycles. The molecule has 0 aromatic rings. The van der Waals surface area contributed by atoms with Crippen molar-refractivity contribution in [3.8, 4) is 0 Å². The Morgan fingerprint density at radius 2 is 1.56 bits per heavy atom. The summed E-state index contributed by atoms with van der Waals surface area (Å²) in [6, 6.07) is 0. The largest absolute Gasteiger partial charge is 0.462 e. The lowest BCUT2D eigenvalue weighted by atomic mass is 9.77. The van der Waals surface area contributed by atoms with Crippen molar-refractivity contribution >= 4 is 11.9 Å². The molecular weight excluding hydrogens is 436 g/mol. The Hall–Kier alpha value is -1.70. The van der Waals surface area contributed by atoms with Gasteiger partial charge in [-0.25, -0.2) is 9.59 Å². The summed E-state index contributed by atoms with van der Waals surface area (Å²) in [5, 5.41) is 9.07. The molecule has 1 N–H and O–H groups in total. The summed E-state index contributed by atoms with van der Waals surface area (Å²) < 4.78 is 21.0. The Bertz CT molecular complexity index is 608. The molecule has 1 unspecified atom stereocenters. The molecule has 1 fully saturated rings. The van der Waals surface area contributed by atoms with Gasteiger partial charge in [0, 0.05) is 13.0 Å². The van der Waals surface area contributed by atoms with Crippen molar-refractivity contribution in [1.82, 2.24) is 0 Å². The minimum atomic E-state index is -0.578. The van der Waals surface area contributed by atoms with E-state index in [9.17, 15) is 9.59 Å². The van der Waals surface area contributed by atoms with Gasteiger partial charge in [0.25, 0.3) is 0 Å². The molecule has 7 nitrogen and oxygen atoms in total. The second-order valence-corrected chi connectivity index (χ2v) is 9.43. The molecule has 1 aliphatic carbocycles. The summed E-state index contributed by atoms with van der Waals surface area (Å²) in [6.45, 7) is 10.1. The van der Waals surface area contributed by atoms with Crippen molar-refractivity contribution in [2.45, 2.75) is 71.1 Å². The van der Waals surface area contributed by atoms with Gasteiger partial charge in [-0.2, -0.15) is 0 Å².